The average Bonchev–Trinajstić information content (AvgIpc) is 2.59. The van der Waals surface area contributed by atoms with Crippen LogP contribution in [-0.4, -0.2) is 28.9 Å². The summed E-state index contributed by atoms with van der Waals surface area (Å²) in [5.74, 6) is 0.770. The zero-order chi connectivity index (χ0) is 15.8. The smallest absolute Gasteiger partial charge is 0.254 e. The molecular weight excluding hydrogens is 276 g/mol. The Kier molecular flexibility index (Phi) is 5.72. The molecule has 0 aliphatic heterocycles. The maximum Gasteiger partial charge on any atom is 0.254 e. The van der Waals surface area contributed by atoms with Crippen LogP contribution in [0.15, 0.2) is 61.4 Å². The molecule has 0 saturated heterocycles. The van der Waals surface area contributed by atoms with Gasteiger partial charge in [-0.25, -0.2) is 0 Å². The van der Waals surface area contributed by atoms with E-state index in [1.807, 2.05) is 31.2 Å². The molecule has 0 aliphatic carbocycles. The molecule has 114 valence electrons. The predicted octanol–water partition coefficient (Wildman–Crippen LogP) is 3.31. The standard InChI is InChI=1S/C18H20N2O2/c1-3-13-22-17-8-6-5-7-16(17)14-20(4-2)18(21)15-9-11-19-12-10-15/h3,5-12H,1,4,13-14H2,2H3. The predicted molar refractivity (Wildman–Crippen MR) is 86.8 cm³/mol. The number of pyridine rings is 1. The Balaban J connectivity index is 2.17. The van der Waals surface area contributed by atoms with Crippen molar-refractivity contribution < 1.29 is 9.53 Å². The van der Waals surface area contributed by atoms with Gasteiger partial charge in [-0.1, -0.05) is 30.9 Å². The van der Waals surface area contributed by atoms with Gasteiger partial charge in [0.05, 0.1) is 0 Å². The third kappa shape index (κ3) is 3.95. The van der Waals surface area contributed by atoms with E-state index in [2.05, 4.69) is 11.6 Å². The number of para-hydroxylation sites is 1. The number of hydrogen-bond acceptors (Lipinski definition) is 3. The van der Waals surface area contributed by atoms with Gasteiger partial charge in [0.2, 0.25) is 0 Å². The summed E-state index contributed by atoms with van der Waals surface area (Å²) in [6.07, 6.45) is 4.96. The average molecular weight is 296 g/mol. The second-order valence-corrected chi connectivity index (χ2v) is 4.76. The molecule has 0 bridgehead atoms. The molecule has 0 radical (unpaired) electrons. The quantitative estimate of drug-likeness (QED) is 0.736. The van der Waals surface area contributed by atoms with Crippen LogP contribution < -0.4 is 4.74 Å². The molecule has 0 aliphatic rings. The first-order valence-electron chi connectivity index (χ1n) is 7.27. The van der Waals surface area contributed by atoms with E-state index in [-0.39, 0.29) is 5.91 Å². The Morgan fingerprint density at radius 1 is 1.27 bits per heavy atom. The molecule has 2 aromatic rings. The molecule has 4 heteroatoms. The number of hydrogen-bond donors (Lipinski definition) is 0. The summed E-state index contributed by atoms with van der Waals surface area (Å²) in [4.78, 5) is 18.3. The molecule has 1 aromatic carbocycles. The Labute approximate surface area is 131 Å². The van der Waals surface area contributed by atoms with E-state index >= 15 is 0 Å². The molecule has 0 spiro atoms. The van der Waals surface area contributed by atoms with Gasteiger partial charge >= 0.3 is 0 Å². The number of aromatic nitrogens is 1. The largest absolute Gasteiger partial charge is 0.489 e. The Morgan fingerprint density at radius 2 is 2.00 bits per heavy atom. The highest BCUT2D eigenvalue weighted by atomic mass is 16.5. The number of nitrogens with zero attached hydrogens (tertiary/aromatic N) is 2. The van der Waals surface area contributed by atoms with Crippen LogP contribution in [0.1, 0.15) is 22.8 Å². The maximum atomic E-state index is 12.5. The fourth-order valence-corrected chi connectivity index (χ4v) is 2.13. The van der Waals surface area contributed by atoms with E-state index in [9.17, 15) is 4.79 Å². The van der Waals surface area contributed by atoms with Crippen LogP contribution in [0.25, 0.3) is 0 Å². The van der Waals surface area contributed by atoms with Gasteiger partial charge in [-0.05, 0) is 25.1 Å². The van der Waals surface area contributed by atoms with Crippen LogP contribution in [0, 0.1) is 0 Å². The lowest BCUT2D eigenvalue weighted by Gasteiger charge is -2.22. The summed E-state index contributed by atoms with van der Waals surface area (Å²) in [5, 5.41) is 0. The monoisotopic (exact) mass is 296 g/mol. The van der Waals surface area contributed by atoms with Crippen molar-refractivity contribution in [2.75, 3.05) is 13.2 Å². The molecule has 1 amide bonds. The summed E-state index contributed by atoms with van der Waals surface area (Å²) in [7, 11) is 0. The minimum atomic E-state index is -0.0107. The lowest BCUT2D eigenvalue weighted by molar-refractivity contribution is 0.0751. The van der Waals surface area contributed by atoms with Crippen molar-refractivity contribution in [1.82, 2.24) is 9.88 Å². The third-order valence-corrected chi connectivity index (χ3v) is 3.29. The summed E-state index contributed by atoms with van der Waals surface area (Å²) in [5.41, 5.74) is 1.62. The van der Waals surface area contributed by atoms with Gasteiger partial charge in [0.1, 0.15) is 12.4 Å². The van der Waals surface area contributed by atoms with Crippen molar-refractivity contribution >= 4 is 5.91 Å². The van der Waals surface area contributed by atoms with Crippen molar-refractivity contribution in [3.63, 3.8) is 0 Å². The van der Waals surface area contributed by atoms with Gasteiger partial charge in [-0.15, -0.1) is 0 Å². The van der Waals surface area contributed by atoms with Crippen molar-refractivity contribution in [3.05, 3.63) is 72.6 Å². The number of ether oxygens (including phenoxy) is 1. The second-order valence-electron chi connectivity index (χ2n) is 4.76. The highest BCUT2D eigenvalue weighted by molar-refractivity contribution is 5.94. The van der Waals surface area contributed by atoms with Crippen molar-refractivity contribution in [2.24, 2.45) is 0 Å². The van der Waals surface area contributed by atoms with Gasteiger partial charge in [0.15, 0.2) is 0 Å². The molecule has 0 N–H and O–H groups in total. The third-order valence-electron chi connectivity index (χ3n) is 3.29. The SMILES string of the molecule is C=CCOc1ccccc1CN(CC)C(=O)c1ccncc1. The molecule has 0 unspecified atom stereocenters. The lowest BCUT2D eigenvalue weighted by atomic mass is 10.1. The minimum Gasteiger partial charge on any atom is -0.489 e. The number of amides is 1. The topological polar surface area (TPSA) is 42.4 Å². The number of carbonyl (C=O) groups is 1. The fraction of sp³-hybridized carbons (Fsp3) is 0.222. The highest BCUT2D eigenvalue weighted by Gasteiger charge is 2.16. The van der Waals surface area contributed by atoms with Crippen LogP contribution in [-0.2, 0) is 6.54 Å². The first-order chi connectivity index (χ1) is 10.8. The van der Waals surface area contributed by atoms with E-state index < -0.39 is 0 Å². The Bertz CT molecular complexity index is 626. The maximum absolute atomic E-state index is 12.5. The number of rotatable bonds is 7. The van der Waals surface area contributed by atoms with Gasteiger partial charge in [-0.3, -0.25) is 9.78 Å². The molecule has 1 aromatic heterocycles. The van der Waals surface area contributed by atoms with E-state index in [0.717, 1.165) is 11.3 Å². The second kappa shape index (κ2) is 7.98. The van der Waals surface area contributed by atoms with Crippen LogP contribution in [0.5, 0.6) is 5.75 Å². The molecule has 4 nitrogen and oxygen atoms in total. The van der Waals surface area contributed by atoms with Gasteiger partial charge in [0.25, 0.3) is 5.91 Å². The summed E-state index contributed by atoms with van der Waals surface area (Å²) in [6, 6.07) is 11.2. The van der Waals surface area contributed by atoms with Gasteiger partial charge in [-0.2, -0.15) is 0 Å². The summed E-state index contributed by atoms with van der Waals surface area (Å²) >= 11 is 0. The molecule has 0 atom stereocenters. The minimum absolute atomic E-state index is 0.0107. The first kappa shape index (κ1) is 15.8. The first-order valence-corrected chi connectivity index (χ1v) is 7.27. The summed E-state index contributed by atoms with van der Waals surface area (Å²) in [6.45, 7) is 7.19. The Morgan fingerprint density at radius 3 is 2.68 bits per heavy atom. The van der Waals surface area contributed by atoms with E-state index in [1.165, 1.54) is 0 Å². The van der Waals surface area contributed by atoms with Crippen LogP contribution in [0.4, 0.5) is 0 Å². The zero-order valence-electron chi connectivity index (χ0n) is 12.7. The fourth-order valence-electron chi connectivity index (χ4n) is 2.13. The van der Waals surface area contributed by atoms with E-state index in [1.54, 1.807) is 35.5 Å². The molecule has 2 rings (SSSR count). The van der Waals surface area contributed by atoms with Gasteiger partial charge < -0.3 is 9.64 Å². The molecule has 1 heterocycles. The summed E-state index contributed by atoms with van der Waals surface area (Å²) < 4.78 is 5.65. The zero-order valence-corrected chi connectivity index (χ0v) is 12.7. The molecule has 0 saturated carbocycles. The van der Waals surface area contributed by atoms with Crippen molar-refractivity contribution in [3.8, 4) is 5.75 Å². The highest BCUT2D eigenvalue weighted by Crippen LogP contribution is 2.20. The Hall–Kier alpha value is -2.62. The van der Waals surface area contributed by atoms with E-state index in [0.29, 0.717) is 25.3 Å². The van der Waals surface area contributed by atoms with Crippen molar-refractivity contribution in [1.29, 1.82) is 0 Å². The normalized spacial score (nSPS) is 10.0. The molecule has 0 fully saturated rings. The lowest BCUT2D eigenvalue weighted by Crippen LogP contribution is -2.30. The molecule has 22 heavy (non-hydrogen) atoms. The van der Waals surface area contributed by atoms with Crippen LogP contribution in [0.3, 0.4) is 0 Å². The molecular formula is C18H20N2O2. The number of carbonyl (C=O) groups excluding carboxylic acids is 1. The number of benzene rings is 1. The van der Waals surface area contributed by atoms with Crippen LogP contribution >= 0.6 is 0 Å². The van der Waals surface area contributed by atoms with Crippen molar-refractivity contribution in [2.45, 2.75) is 13.5 Å². The van der Waals surface area contributed by atoms with Crippen LogP contribution in [0.2, 0.25) is 0 Å². The van der Waals surface area contributed by atoms with Gasteiger partial charge in [0, 0.05) is 36.6 Å². The van der Waals surface area contributed by atoms with E-state index in [4.69, 9.17) is 4.74 Å².